The van der Waals surface area contributed by atoms with Crippen molar-refractivity contribution < 1.29 is 9.47 Å². The molecule has 0 aliphatic rings. The van der Waals surface area contributed by atoms with Gasteiger partial charge in [-0.1, -0.05) is 0 Å². The van der Waals surface area contributed by atoms with E-state index in [1.165, 1.54) is 0 Å². The molecule has 0 saturated heterocycles. The summed E-state index contributed by atoms with van der Waals surface area (Å²) in [4.78, 5) is 0. The fourth-order valence-electron chi connectivity index (χ4n) is 0.662. The third kappa shape index (κ3) is 6.58. The molecule has 0 bridgehead atoms. The summed E-state index contributed by atoms with van der Waals surface area (Å²) in [6.45, 7) is 8.54. The Morgan fingerprint density at radius 2 is 1.67 bits per heavy atom. The maximum Gasteiger partial charge on any atom is 0.115 e. The van der Waals surface area contributed by atoms with Crippen LogP contribution in [0.4, 0.5) is 0 Å². The van der Waals surface area contributed by atoms with Crippen molar-refractivity contribution in [1.82, 2.24) is 0 Å². The van der Waals surface area contributed by atoms with E-state index in [1.807, 2.05) is 27.7 Å². The van der Waals surface area contributed by atoms with Crippen LogP contribution in [-0.2, 0) is 9.47 Å². The van der Waals surface area contributed by atoms with Crippen molar-refractivity contribution in [1.29, 1.82) is 0 Å². The highest BCUT2D eigenvalue weighted by atomic mass is 16.5. The molecule has 0 aromatic rings. The summed E-state index contributed by atoms with van der Waals surface area (Å²) >= 11 is 0. The van der Waals surface area contributed by atoms with Crippen molar-refractivity contribution >= 4 is 0 Å². The lowest BCUT2D eigenvalue weighted by Crippen LogP contribution is -2.40. The quantitative estimate of drug-likeness (QED) is 0.659. The summed E-state index contributed by atoms with van der Waals surface area (Å²) in [5, 5.41) is 0. The SMILES string of the molecule is COC(C)(N)CCOC(C)(C)C. The highest BCUT2D eigenvalue weighted by Crippen LogP contribution is 2.11. The van der Waals surface area contributed by atoms with Gasteiger partial charge in [-0.15, -0.1) is 0 Å². The molecule has 0 spiro atoms. The van der Waals surface area contributed by atoms with Gasteiger partial charge >= 0.3 is 0 Å². The van der Waals surface area contributed by atoms with Crippen LogP contribution in [0.2, 0.25) is 0 Å². The summed E-state index contributed by atoms with van der Waals surface area (Å²) in [7, 11) is 1.61. The molecule has 0 aliphatic carbocycles. The van der Waals surface area contributed by atoms with Crippen LogP contribution in [0, 0.1) is 0 Å². The molecular formula is C9H21NO2. The zero-order valence-corrected chi connectivity index (χ0v) is 8.81. The molecule has 3 nitrogen and oxygen atoms in total. The van der Waals surface area contributed by atoms with Crippen molar-refractivity contribution in [3.63, 3.8) is 0 Å². The van der Waals surface area contributed by atoms with E-state index in [1.54, 1.807) is 7.11 Å². The van der Waals surface area contributed by atoms with Crippen LogP contribution in [0.15, 0.2) is 0 Å². The minimum atomic E-state index is -0.564. The predicted octanol–water partition coefficient (Wildman–Crippen LogP) is 1.51. The van der Waals surface area contributed by atoms with Crippen LogP contribution < -0.4 is 5.73 Å². The molecule has 0 amide bonds. The minimum Gasteiger partial charge on any atom is -0.376 e. The summed E-state index contributed by atoms with van der Waals surface area (Å²) in [5.41, 5.74) is 5.09. The monoisotopic (exact) mass is 175 g/mol. The van der Waals surface area contributed by atoms with Crippen molar-refractivity contribution in [2.75, 3.05) is 13.7 Å². The van der Waals surface area contributed by atoms with Gasteiger partial charge in [-0.2, -0.15) is 0 Å². The lowest BCUT2D eigenvalue weighted by Gasteiger charge is -2.25. The van der Waals surface area contributed by atoms with Gasteiger partial charge in [0.1, 0.15) is 5.72 Å². The fourth-order valence-corrected chi connectivity index (χ4v) is 0.662. The Kier molecular flexibility index (Phi) is 4.17. The fraction of sp³-hybridized carbons (Fsp3) is 1.00. The topological polar surface area (TPSA) is 44.5 Å². The number of ether oxygens (including phenoxy) is 2. The molecule has 0 aromatic heterocycles. The zero-order valence-electron chi connectivity index (χ0n) is 8.81. The summed E-state index contributed by atoms with van der Waals surface area (Å²) in [6.07, 6.45) is 0.709. The summed E-state index contributed by atoms with van der Waals surface area (Å²) < 4.78 is 10.6. The number of methoxy groups -OCH3 is 1. The van der Waals surface area contributed by atoms with Crippen molar-refractivity contribution in [3.8, 4) is 0 Å². The second-order valence-corrected chi connectivity index (χ2v) is 4.23. The maximum atomic E-state index is 5.74. The predicted molar refractivity (Wildman–Crippen MR) is 49.9 cm³/mol. The van der Waals surface area contributed by atoms with E-state index in [9.17, 15) is 0 Å². The Morgan fingerprint density at radius 3 is 2.00 bits per heavy atom. The van der Waals surface area contributed by atoms with Crippen molar-refractivity contribution in [2.45, 2.75) is 45.4 Å². The van der Waals surface area contributed by atoms with Gasteiger partial charge in [0.15, 0.2) is 0 Å². The molecule has 1 atom stereocenters. The van der Waals surface area contributed by atoms with Gasteiger partial charge in [-0.3, -0.25) is 0 Å². The molecule has 2 N–H and O–H groups in total. The molecular weight excluding hydrogens is 154 g/mol. The minimum absolute atomic E-state index is 0.0934. The Bertz CT molecular complexity index is 127. The van der Waals surface area contributed by atoms with Gasteiger partial charge in [0.25, 0.3) is 0 Å². The van der Waals surface area contributed by atoms with E-state index >= 15 is 0 Å². The zero-order chi connectivity index (χ0) is 9.83. The van der Waals surface area contributed by atoms with E-state index in [0.29, 0.717) is 13.0 Å². The molecule has 0 fully saturated rings. The second kappa shape index (κ2) is 4.21. The molecule has 74 valence electrons. The third-order valence-electron chi connectivity index (χ3n) is 1.60. The van der Waals surface area contributed by atoms with Crippen LogP contribution in [0.3, 0.4) is 0 Å². The summed E-state index contributed by atoms with van der Waals surface area (Å²) in [6, 6.07) is 0. The lowest BCUT2D eigenvalue weighted by atomic mass is 10.1. The van der Waals surface area contributed by atoms with Crippen LogP contribution in [-0.4, -0.2) is 25.0 Å². The smallest absolute Gasteiger partial charge is 0.115 e. The lowest BCUT2D eigenvalue weighted by molar-refractivity contribution is -0.0550. The first-order valence-corrected chi connectivity index (χ1v) is 4.25. The van der Waals surface area contributed by atoms with E-state index in [0.717, 1.165) is 0 Å². The van der Waals surface area contributed by atoms with E-state index in [4.69, 9.17) is 15.2 Å². The Morgan fingerprint density at radius 1 is 1.17 bits per heavy atom. The Balaban J connectivity index is 3.57. The molecule has 0 heterocycles. The largest absolute Gasteiger partial charge is 0.376 e. The average Bonchev–Trinajstić information content (AvgIpc) is 1.84. The van der Waals surface area contributed by atoms with Crippen molar-refractivity contribution in [3.05, 3.63) is 0 Å². The molecule has 0 aliphatic heterocycles. The van der Waals surface area contributed by atoms with E-state index < -0.39 is 5.72 Å². The van der Waals surface area contributed by atoms with E-state index in [2.05, 4.69) is 0 Å². The van der Waals surface area contributed by atoms with E-state index in [-0.39, 0.29) is 5.60 Å². The average molecular weight is 175 g/mol. The number of nitrogens with two attached hydrogens (primary N) is 1. The molecule has 0 aromatic carbocycles. The van der Waals surface area contributed by atoms with Gasteiger partial charge in [-0.05, 0) is 27.7 Å². The maximum absolute atomic E-state index is 5.74. The number of hydrogen-bond acceptors (Lipinski definition) is 3. The molecule has 0 rings (SSSR count). The van der Waals surface area contributed by atoms with Gasteiger partial charge < -0.3 is 15.2 Å². The van der Waals surface area contributed by atoms with Crippen LogP contribution in [0.1, 0.15) is 34.1 Å². The highest BCUT2D eigenvalue weighted by Gasteiger charge is 2.18. The molecule has 1 unspecified atom stereocenters. The van der Waals surface area contributed by atoms with Crippen molar-refractivity contribution in [2.24, 2.45) is 5.73 Å². The standard InChI is InChI=1S/C9H21NO2/c1-8(2,3)12-7-6-9(4,10)11-5/h6-7,10H2,1-5H3. The second-order valence-electron chi connectivity index (χ2n) is 4.23. The normalized spacial score (nSPS) is 17.5. The molecule has 12 heavy (non-hydrogen) atoms. The Labute approximate surface area is 75.2 Å². The molecule has 3 heteroatoms. The van der Waals surface area contributed by atoms with Gasteiger partial charge in [0.05, 0.1) is 12.2 Å². The highest BCUT2D eigenvalue weighted by molar-refractivity contribution is 4.66. The van der Waals surface area contributed by atoms with Crippen LogP contribution >= 0.6 is 0 Å². The van der Waals surface area contributed by atoms with Crippen LogP contribution in [0.25, 0.3) is 0 Å². The first-order chi connectivity index (χ1) is 5.27. The first kappa shape index (κ1) is 11.9. The van der Waals surface area contributed by atoms with Gasteiger partial charge in [-0.25, -0.2) is 0 Å². The van der Waals surface area contributed by atoms with Crippen LogP contribution in [0.5, 0.6) is 0 Å². The number of hydrogen-bond donors (Lipinski definition) is 1. The third-order valence-corrected chi connectivity index (χ3v) is 1.60. The molecule has 0 saturated carbocycles. The van der Waals surface area contributed by atoms with Gasteiger partial charge in [0, 0.05) is 13.5 Å². The Hall–Kier alpha value is -0.120. The molecule has 0 radical (unpaired) electrons. The number of rotatable bonds is 4. The first-order valence-electron chi connectivity index (χ1n) is 4.25. The summed E-state index contributed by atoms with van der Waals surface area (Å²) in [5.74, 6) is 0. The van der Waals surface area contributed by atoms with Gasteiger partial charge in [0.2, 0.25) is 0 Å².